The molecule has 0 spiro atoms. The summed E-state index contributed by atoms with van der Waals surface area (Å²) in [7, 11) is -2.87. The third-order valence-corrected chi connectivity index (χ3v) is 5.93. The Kier molecular flexibility index (Phi) is 4.17. The van der Waals surface area contributed by atoms with E-state index in [1.807, 2.05) is 13.0 Å². The number of anilines is 1. The highest BCUT2D eigenvalue weighted by atomic mass is 32.2. The number of nitrogens with zero attached hydrogens (tertiary/aromatic N) is 2. The van der Waals surface area contributed by atoms with E-state index in [-0.39, 0.29) is 5.75 Å². The smallest absolute Gasteiger partial charge is 0.152 e. The molecule has 1 aliphatic carbocycles. The van der Waals surface area contributed by atoms with Gasteiger partial charge < -0.3 is 10.2 Å². The van der Waals surface area contributed by atoms with Gasteiger partial charge in [0.2, 0.25) is 0 Å². The second kappa shape index (κ2) is 5.93. The topological polar surface area (TPSA) is 62.3 Å². The van der Waals surface area contributed by atoms with Crippen molar-refractivity contribution in [2.24, 2.45) is 0 Å². The summed E-state index contributed by atoms with van der Waals surface area (Å²) in [5.41, 5.74) is 2.26. The number of pyridine rings is 1. The Morgan fingerprint density at radius 2 is 2.10 bits per heavy atom. The highest BCUT2D eigenvalue weighted by Crippen LogP contribution is 2.21. The molecular weight excluding hydrogens is 286 g/mol. The zero-order chi connectivity index (χ0) is 14.9. The molecule has 116 valence electrons. The second-order valence-electron chi connectivity index (χ2n) is 6.06. The van der Waals surface area contributed by atoms with Crippen molar-refractivity contribution >= 4 is 15.7 Å². The van der Waals surface area contributed by atoms with E-state index in [0.717, 1.165) is 24.6 Å². The summed E-state index contributed by atoms with van der Waals surface area (Å²) in [6.07, 6.45) is 3.26. The van der Waals surface area contributed by atoms with E-state index >= 15 is 0 Å². The van der Waals surface area contributed by atoms with Crippen LogP contribution in [0.3, 0.4) is 0 Å². The zero-order valence-electron chi connectivity index (χ0n) is 12.5. The molecule has 0 aromatic carbocycles. The zero-order valence-corrected chi connectivity index (χ0v) is 13.3. The van der Waals surface area contributed by atoms with E-state index in [9.17, 15) is 8.42 Å². The van der Waals surface area contributed by atoms with Crippen LogP contribution in [0.25, 0.3) is 0 Å². The Labute approximate surface area is 126 Å². The van der Waals surface area contributed by atoms with Crippen molar-refractivity contribution in [2.45, 2.75) is 38.8 Å². The highest BCUT2D eigenvalue weighted by Gasteiger charge is 2.22. The summed E-state index contributed by atoms with van der Waals surface area (Å²) in [6, 6.07) is 4.83. The van der Waals surface area contributed by atoms with Crippen LogP contribution in [0.1, 0.15) is 30.5 Å². The summed E-state index contributed by atoms with van der Waals surface area (Å²) >= 11 is 0. The molecular formula is C15H23N3O2S. The van der Waals surface area contributed by atoms with Gasteiger partial charge in [-0.25, -0.2) is 13.4 Å². The second-order valence-corrected chi connectivity index (χ2v) is 8.37. The Hall–Kier alpha value is -1.14. The molecule has 2 heterocycles. The molecule has 2 aliphatic rings. The minimum absolute atomic E-state index is 0.235. The summed E-state index contributed by atoms with van der Waals surface area (Å²) in [5, 5.41) is 3.50. The monoisotopic (exact) mass is 309 g/mol. The maximum atomic E-state index is 11.7. The SMILES string of the molecule is Cc1nc(N2CCCS(=O)(=O)CC2)ccc1CNC1CC1. The van der Waals surface area contributed by atoms with Gasteiger partial charge in [0.15, 0.2) is 9.84 Å². The van der Waals surface area contributed by atoms with Crippen molar-refractivity contribution in [3.8, 4) is 0 Å². The van der Waals surface area contributed by atoms with Gasteiger partial charge in [0, 0.05) is 31.4 Å². The van der Waals surface area contributed by atoms with Crippen molar-refractivity contribution in [3.63, 3.8) is 0 Å². The molecule has 1 N–H and O–H groups in total. The minimum atomic E-state index is -2.87. The number of hydrogen-bond acceptors (Lipinski definition) is 5. The maximum absolute atomic E-state index is 11.7. The van der Waals surface area contributed by atoms with Crippen LogP contribution < -0.4 is 10.2 Å². The molecule has 1 aromatic heterocycles. The number of hydrogen-bond donors (Lipinski definition) is 1. The predicted molar refractivity (Wildman–Crippen MR) is 84.3 cm³/mol. The van der Waals surface area contributed by atoms with E-state index in [0.29, 0.717) is 24.8 Å². The lowest BCUT2D eigenvalue weighted by molar-refractivity contribution is 0.597. The van der Waals surface area contributed by atoms with Crippen molar-refractivity contribution in [2.75, 3.05) is 29.5 Å². The molecule has 0 radical (unpaired) electrons. The summed E-state index contributed by atoms with van der Waals surface area (Å²) < 4.78 is 23.3. The summed E-state index contributed by atoms with van der Waals surface area (Å²) in [6.45, 7) is 4.22. The third-order valence-electron chi connectivity index (χ3n) is 4.22. The lowest BCUT2D eigenvalue weighted by Gasteiger charge is -2.22. The Bertz CT molecular complexity index is 611. The molecule has 1 saturated carbocycles. The Morgan fingerprint density at radius 3 is 2.81 bits per heavy atom. The summed E-state index contributed by atoms with van der Waals surface area (Å²) in [4.78, 5) is 6.77. The molecule has 5 nitrogen and oxygen atoms in total. The van der Waals surface area contributed by atoms with Crippen LogP contribution in [0.4, 0.5) is 5.82 Å². The molecule has 2 fully saturated rings. The highest BCUT2D eigenvalue weighted by molar-refractivity contribution is 7.91. The number of nitrogens with one attached hydrogen (secondary N) is 1. The summed E-state index contributed by atoms with van der Waals surface area (Å²) in [5.74, 6) is 1.43. The van der Waals surface area contributed by atoms with Crippen molar-refractivity contribution < 1.29 is 8.42 Å². The molecule has 1 aromatic rings. The van der Waals surface area contributed by atoms with Gasteiger partial charge in [0.05, 0.1) is 11.5 Å². The molecule has 6 heteroatoms. The fourth-order valence-electron chi connectivity index (χ4n) is 2.65. The van der Waals surface area contributed by atoms with Crippen molar-refractivity contribution in [1.82, 2.24) is 10.3 Å². The average molecular weight is 309 g/mol. The Balaban J connectivity index is 1.68. The first-order chi connectivity index (χ1) is 10.0. The lowest BCUT2D eigenvalue weighted by atomic mass is 10.2. The van der Waals surface area contributed by atoms with E-state index in [1.165, 1.54) is 18.4 Å². The van der Waals surface area contributed by atoms with Gasteiger partial charge in [0.1, 0.15) is 5.82 Å². The standard InChI is InChI=1S/C15H23N3O2S/c1-12-13(11-16-14-4-5-14)3-6-15(17-12)18-7-2-9-21(19,20)10-8-18/h3,6,14,16H,2,4-5,7-11H2,1H3. The lowest BCUT2D eigenvalue weighted by Crippen LogP contribution is -2.28. The molecule has 1 saturated heterocycles. The van der Waals surface area contributed by atoms with Gasteiger partial charge in [-0.3, -0.25) is 0 Å². The predicted octanol–water partition coefficient (Wildman–Crippen LogP) is 1.27. The fourth-order valence-corrected chi connectivity index (χ4v) is 3.92. The molecule has 0 atom stereocenters. The fraction of sp³-hybridized carbons (Fsp3) is 0.667. The van der Waals surface area contributed by atoms with Gasteiger partial charge in [-0.2, -0.15) is 0 Å². The van der Waals surface area contributed by atoms with Crippen LogP contribution >= 0.6 is 0 Å². The van der Waals surface area contributed by atoms with Gasteiger partial charge >= 0.3 is 0 Å². The Morgan fingerprint density at radius 1 is 1.29 bits per heavy atom. The van der Waals surface area contributed by atoms with Gasteiger partial charge in [-0.15, -0.1) is 0 Å². The first-order valence-corrected chi connectivity index (χ1v) is 9.51. The van der Waals surface area contributed by atoms with Gasteiger partial charge in [0.25, 0.3) is 0 Å². The largest absolute Gasteiger partial charge is 0.356 e. The van der Waals surface area contributed by atoms with Crippen LogP contribution in [0.5, 0.6) is 0 Å². The molecule has 1 aliphatic heterocycles. The number of aromatic nitrogens is 1. The van der Waals surface area contributed by atoms with E-state index in [4.69, 9.17) is 0 Å². The van der Waals surface area contributed by atoms with Crippen LogP contribution in [-0.4, -0.2) is 44.0 Å². The van der Waals surface area contributed by atoms with Crippen LogP contribution in [0, 0.1) is 6.92 Å². The molecule has 0 bridgehead atoms. The maximum Gasteiger partial charge on any atom is 0.152 e. The quantitative estimate of drug-likeness (QED) is 0.907. The van der Waals surface area contributed by atoms with E-state index in [1.54, 1.807) is 0 Å². The van der Waals surface area contributed by atoms with Gasteiger partial charge in [-0.05, 0) is 37.8 Å². The minimum Gasteiger partial charge on any atom is -0.356 e. The molecule has 21 heavy (non-hydrogen) atoms. The number of aryl methyl sites for hydroxylation is 1. The van der Waals surface area contributed by atoms with Crippen molar-refractivity contribution in [3.05, 3.63) is 23.4 Å². The number of sulfone groups is 1. The van der Waals surface area contributed by atoms with Crippen LogP contribution in [0.2, 0.25) is 0 Å². The van der Waals surface area contributed by atoms with Gasteiger partial charge in [-0.1, -0.05) is 6.07 Å². The average Bonchev–Trinajstić information content (AvgIpc) is 3.25. The normalized spacial score (nSPS) is 22.0. The first-order valence-electron chi connectivity index (χ1n) is 7.69. The molecule has 3 rings (SSSR count). The van der Waals surface area contributed by atoms with Crippen molar-refractivity contribution in [1.29, 1.82) is 0 Å². The third kappa shape index (κ3) is 3.95. The molecule has 0 unspecified atom stereocenters. The van der Waals surface area contributed by atoms with E-state index in [2.05, 4.69) is 21.3 Å². The number of rotatable bonds is 4. The van der Waals surface area contributed by atoms with Crippen LogP contribution in [-0.2, 0) is 16.4 Å². The van der Waals surface area contributed by atoms with Crippen LogP contribution in [0.15, 0.2) is 12.1 Å². The first kappa shape index (κ1) is 14.8. The van der Waals surface area contributed by atoms with E-state index < -0.39 is 9.84 Å². The molecule has 0 amide bonds.